The smallest absolute Gasteiger partial charge is 0.136 e. The topological polar surface area (TPSA) is 21.3 Å². The summed E-state index contributed by atoms with van der Waals surface area (Å²) in [4.78, 5) is 2.35. The summed E-state index contributed by atoms with van der Waals surface area (Å²) in [6.45, 7) is 0. The van der Waals surface area contributed by atoms with E-state index in [1.54, 1.807) is 0 Å². The Morgan fingerprint density at radius 2 is 0.927 bits per heavy atom. The van der Waals surface area contributed by atoms with Crippen molar-refractivity contribution < 1.29 is 4.42 Å². The van der Waals surface area contributed by atoms with E-state index in [0.717, 1.165) is 50.2 Å². The van der Waals surface area contributed by atoms with Gasteiger partial charge in [0.1, 0.15) is 11.2 Å². The summed E-state index contributed by atoms with van der Waals surface area (Å²) in [5, 5.41) is 7.24. The van der Waals surface area contributed by atoms with Crippen molar-refractivity contribution in [3.8, 4) is 27.9 Å². The molecule has 0 saturated heterocycles. The molecule has 0 bridgehead atoms. The fraction of sp³-hybridized carbons (Fsp3) is 0. The summed E-state index contributed by atoms with van der Waals surface area (Å²) in [5.41, 5.74) is 13.3. The zero-order valence-corrected chi connectivity index (χ0v) is 29.9. The van der Waals surface area contributed by atoms with Crippen LogP contribution in [0.3, 0.4) is 0 Å². The van der Waals surface area contributed by atoms with E-state index in [-0.39, 0.29) is 0 Å². The number of hydrogen-bond donors (Lipinski definition) is 0. The second kappa shape index (κ2) is 12.6. The summed E-state index contributed by atoms with van der Waals surface area (Å²) in [5.74, 6) is 0. The molecule has 0 radical (unpaired) electrons. The molecule has 11 rings (SSSR count). The minimum atomic E-state index is 0.910. The van der Waals surface area contributed by atoms with E-state index >= 15 is 0 Å². The van der Waals surface area contributed by atoms with Crippen LogP contribution >= 0.6 is 0 Å². The van der Waals surface area contributed by atoms with E-state index in [4.69, 9.17) is 4.42 Å². The van der Waals surface area contributed by atoms with Crippen LogP contribution in [0.2, 0.25) is 0 Å². The van der Waals surface area contributed by atoms with Crippen molar-refractivity contribution >= 4 is 71.6 Å². The number of fused-ring (bicyclic) bond motifs is 8. The standard InChI is InChI=1S/C52H34N2O/c1-2-11-35(12-3-1)36-21-25-39(26-22-36)53(40-27-23-38(24-28-40)44-18-10-14-37-13-4-5-15-43(37)44)41-29-31-42(32-30-41)54-47-19-8-6-16-45(47)51-48(54)33-34-50-52(51)46-17-7-9-20-49(46)55-50/h1-34H. The Kier molecular flexibility index (Phi) is 7.17. The highest BCUT2D eigenvalue weighted by atomic mass is 16.3. The quantitative estimate of drug-likeness (QED) is 0.172. The first-order valence-electron chi connectivity index (χ1n) is 18.8. The number of nitrogens with zero attached hydrogens (tertiary/aromatic N) is 2. The van der Waals surface area contributed by atoms with Crippen molar-refractivity contribution in [3.63, 3.8) is 0 Å². The van der Waals surface area contributed by atoms with Gasteiger partial charge in [0.2, 0.25) is 0 Å². The van der Waals surface area contributed by atoms with Crippen molar-refractivity contribution in [1.82, 2.24) is 4.57 Å². The van der Waals surface area contributed by atoms with E-state index in [1.165, 1.54) is 49.3 Å². The van der Waals surface area contributed by atoms with E-state index in [0.29, 0.717) is 0 Å². The summed E-state index contributed by atoms with van der Waals surface area (Å²) in [6, 6.07) is 73.9. The maximum absolute atomic E-state index is 6.32. The molecule has 9 aromatic carbocycles. The third-order valence-electron chi connectivity index (χ3n) is 11.0. The largest absolute Gasteiger partial charge is 0.456 e. The van der Waals surface area contributed by atoms with Gasteiger partial charge in [0.15, 0.2) is 0 Å². The van der Waals surface area contributed by atoms with Gasteiger partial charge in [-0.1, -0.05) is 133 Å². The fourth-order valence-electron chi connectivity index (χ4n) is 8.45. The van der Waals surface area contributed by atoms with E-state index in [9.17, 15) is 0 Å². The van der Waals surface area contributed by atoms with Crippen LogP contribution < -0.4 is 4.90 Å². The minimum Gasteiger partial charge on any atom is -0.456 e. The first-order valence-corrected chi connectivity index (χ1v) is 18.8. The Labute approximate surface area is 318 Å². The first kappa shape index (κ1) is 31.2. The summed E-state index contributed by atoms with van der Waals surface area (Å²) < 4.78 is 8.70. The highest BCUT2D eigenvalue weighted by Gasteiger charge is 2.19. The van der Waals surface area contributed by atoms with Crippen LogP contribution in [-0.2, 0) is 0 Å². The monoisotopic (exact) mass is 702 g/mol. The number of anilines is 3. The van der Waals surface area contributed by atoms with Crippen LogP contribution in [0.1, 0.15) is 0 Å². The van der Waals surface area contributed by atoms with Crippen molar-refractivity contribution in [2.75, 3.05) is 4.90 Å². The fourth-order valence-corrected chi connectivity index (χ4v) is 8.45. The van der Waals surface area contributed by atoms with Crippen molar-refractivity contribution in [2.45, 2.75) is 0 Å². The Balaban J connectivity index is 1.04. The number of aromatic nitrogens is 1. The maximum Gasteiger partial charge on any atom is 0.136 e. The Morgan fingerprint density at radius 3 is 1.69 bits per heavy atom. The molecule has 3 nitrogen and oxygen atoms in total. The molecule has 0 atom stereocenters. The summed E-state index contributed by atoms with van der Waals surface area (Å²) in [7, 11) is 0. The average Bonchev–Trinajstić information content (AvgIpc) is 3.80. The highest BCUT2D eigenvalue weighted by molar-refractivity contribution is 6.27. The predicted octanol–water partition coefficient (Wildman–Crippen LogP) is 14.6. The molecule has 0 saturated carbocycles. The number of furan rings is 1. The zero-order chi connectivity index (χ0) is 36.3. The summed E-state index contributed by atoms with van der Waals surface area (Å²) >= 11 is 0. The van der Waals surface area contributed by atoms with Crippen molar-refractivity contribution in [2.24, 2.45) is 0 Å². The maximum atomic E-state index is 6.32. The molecule has 0 aliphatic rings. The van der Waals surface area contributed by atoms with Crippen LogP contribution in [0.25, 0.3) is 82.5 Å². The second-order valence-electron chi connectivity index (χ2n) is 14.1. The average molecular weight is 703 g/mol. The summed E-state index contributed by atoms with van der Waals surface area (Å²) in [6.07, 6.45) is 0. The molecule has 2 aromatic heterocycles. The molecule has 3 heteroatoms. The van der Waals surface area contributed by atoms with Crippen molar-refractivity contribution in [3.05, 3.63) is 206 Å². The molecular formula is C52H34N2O. The second-order valence-corrected chi connectivity index (χ2v) is 14.1. The first-order chi connectivity index (χ1) is 27.3. The van der Waals surface area contributed by atoms with Crippen LogP contribution in [0.15, 0.2) is 211 Å². The third-order valence-corrected chi connectivity index (χ3v) is 11.0. The minimum absolute atomic E-state index is 0.910. The molecule has 0 spiro atoms. The van der Waals surface area contributed by atoms with Crippen LogP contribution in [-0.4, -0.2) is 4.57 Å². The lowest BCUT2D eigenvalue weighted by Gasteiger charge is -2.26. The lowest BCUT2D eigenvalue weighted by atomic mass is 9.98. The molecule has 0 aliphatic heterocycles. The van der Waals surface area contributed by atoms with E-state index in [1.807, 2.05) is 6.07 Å². The normalized spacial score (nSPS) is 11.6. The SMILES string of the molecule is c1ccc(-c2ccc(N(c3ccc(-c4cccc5ccccc45)cc3)c3ccc(-n4c5ccccc5c5c6c(ccc54)oc4ccccc46)cc3)cc2)cc1. The molecule has 0 N–H and O–H groups in total. The van der Waals surface area contributed by atoms with Gasteiger partial charge >= 0.3 is 0 Å². The molecule has 11 aromatic rings. The van der Waals surface area contributed by atoms with Crippen LogP contribution in [0.4, 0.5) is 17.1 Å². The molecule has 0 unspecified atom stereocenters. The van der Waals surface area contributed by atoms with Gasteiger partial charge in [-0.05, 0) is 106 Å². The van der Waals surface area contributed by atoms with Crippen LogP contribution in [0, 0.1) is 0 Å². The highest BCUT2D eigenvalue weighted by Crippen LogP contribution is 2.42. The van der Waals surface area contributed by atoms with Crippen molar-refractivity contribution in [1.29, 1.82) is 0 Å². The predicted molar refractivity (Wildman–Crippen MR) is 231 cm³/mol. The van der Waals surface area contributed by atoms with E-state index < -0.39 is 0 Å². The molecular weight excluding hydrogens is 669 g/mol. The third kappa shape index (κ3) is 5.13. The number of benzene rings is 9. The molecule has 2 heterocycles. The number of para-hydroxylation sites is 2. The molecule has 55 heavy (non-hydrogen) atoms. The van der Waals surface area contributed by atoms with Gasteiger partial charge in [-0.3, -0.25) is 0 Å². The Morgan fingerprint density at radius 1 is 0.345 bits per heavy atom. The lowest BCUT2D eigenvalue weighted by molar-refractivity contribution is 0.669. The lowest BCUT2D eigenvalue weighted by Crippen LogP contribution is -2.10. The number of rotatable bonds is 6. The van der Waals surface area contributed by atoms with Gasteiger partial charge < -0.3 is 13.9 Å². The van der Waals surface area contributed by atoms with Gasteiger partial charge in [0.25, 0.3) is 0 Å². The van der Waals surface area contributed by atoms with E-state index in [2.05, 4.69) is 210 Å². The molecule has 0 aliphatic carbocycles. The van der Waals surface area contributed by atoms with Gasteiger partial charge in [-0.2, -0.15) is 0 Å². The van der Waals surface area contributed by atoms with Gasteiger partial charge in [0.05, 0.1) is 11.0 Å². The zero-order valence-electron chi connectivity index (χ0n) is 29.9. The van der Waals surface area contributed by atoms with Gasteiger partial charge in [-0.15, -0.1) is 0 Å². The van der Waals surface area contributed by atoms with Crippen LogP contribution in [0.5, 0.6) is 0 Å². The Hall–Kier alpha value is -7.36. The molecule has 0 amide bonds. The van der Waals surface area contributed by atoms with Gasteiger partial charge in [0, 0.05) is 44.3 Å². The Bertz CT molecular complexity index is 3170. The molecule has 258 valence electrons. The number of hydrogen-bond acceptors (Lipinski definition) is 2. The van der Waals surface area contributed by atoms with Gasteiger partial charge in [-0.25, -0.2) is 0 Å². The molecule has 0 fully saturated rings.